The Morgan fingerprint density at radius 2 is 1.83 bits per heavy atom. The Balaban J connectivity index is 1.68. The van der Waals surface area contributed by atoms with Gasteiger partial charge in [-0.1, -0.05) is 18.6 Å². The lowest BCUT2D eigenvalue weighted by Gasteiger charge is -2.26. The summed E-state index contributed by atoms with van der Waals surface area (Å²) in [6, 6.07) is 5.33. The van der Waals surface area contributed by atoms with E-state index >= 15 is 0 Å². The summed E-state index contributed by atoms with van der Waals surface area (Å²) in [6.07, 6.45) is 2.84. The molecule has 2 aliphatic heterocycles. The highest BCUT2D eigenvalue weighted by Gasteiger charge is 2.34. The van der Waals surface area contributed by atoms with Crippen molar-refractivity contribution in [2.45, 2.75) is 36.6 Å². The zero-order valence-corrected chi connectivity index (χ0v) is 18.5. The van der Waals surface area contributed by atoms with E-state index in [0.29, 0.717) is 19.5 Å². The van der Waals surface area contributed by atoms with Crippen molar-refractivity contribution in [1.29, 1.82) is 0 Å². The summed E-state index contributed by atoms with van der Waals surface area (Å²) < 4.78 is 55.6. The molecule has 0 bridgehead atoms. The minimum atomic E-state index is -3.85. The molecule has 2 saturated heterocycles. The third-order valence-corrected chi connectivity index (χ3v) is 9.22. The monoisotopic (exact) mass is 458 g/mol. The minimum absolute atomic E-state index is 0.0246. The summed E-state index contributed by atoms with van der Waals surface area (Å²) in [5, 5.41) is 0. The number of rotatable bonds is 6. The number of hydrogen-bond donors (Lipinski definition) is 0. The van der Waals surface area contributed by atoms with Gasteiger partial charge in [-0.05, 0) is 31.4 Å². The number of likely N-dealkylation sites (N-methyl/N-ethyl adjacent to an activating group) is 1. The van der Waals surface area contributed by atoms with E-state index in [2.05, 4.69) is 0 Å². The van der Waals surface area contributed by atoms with Crippen molar-refractivity contribution in [1.82, 2.24) is 9.21 Å². The first kappa shape index (κ1) is 22.7. The van der Waals surface area contributed by atoms with Crippen molar-refractivity contribution in [2.75, 3.05) is 38.2 Å². The first-order chi connectivity index (χ1) is 14.1. The lowest BCUT2D eigenvalue weighted by molar-refractivity contribution is -0.134. The molecule has 0 N–H and O–H groups in total. The molecule has 166 valence electrons. The Morgan fingerprint density at radius 3 is 2.47 bits per heavy atom. The van der Waals surface area contributed by atoms with E-state index in [9.17, 15) is 26.4 Å². The van der Waals surface area contributed by atoms with Crippen molar-refractivity contribution in [2.24, 2.45) is 0 Å². The Labute approximate surface area is 177 Å². The summed E-state index contributed by atoms with van der Waals surface area (Å²) >= 11 is 0. The summed E-state index contributed by atoms with van der Waals surface area (Å²) in [7, 11) is -5.53. The molecule has 1 atom stereocenters. The van der Waals surface area contributed by atoms with Crippen LogP contribution in [0.4, 0.5) is 0 Å². The number of piperidine rings is 1. The van der Waals surface area contributed by atoms with Gasteiger partial charge in [-0.3, -0.25) is 4.79 Å². The molecule has 1 aromatic rings. The standard InChI is InChI=1S/C19H26N2O7S2/c1-20(15-9-12-29(24,25)14-15)18(22)13-28-19(23)16-7-3-4-8-17(16)30(26,27)21-10-5-2-6-11-21/h3-4,7-8,15H,2,5-6,9-14H2,1H3. The maximum atomic E-state index is 13.0. The van der Waals surface area contributed by atoms with Gasteiger partial charge in [-0.2, -0.15) is 4.31 Å². The van der Waals surface area contributed by atoms with Gasteiger partial charge in [0.05, 0.1) is 22.0 Å². The predicted octanol–water partition coefficient (Wildman–Crippen LogP) is 0.664. The normalized spacial score (nSPS) is 21.8. The van der Waals surface area contributed by atoms with Crippen LogP contribution in [0.2, 0.25) is 0 Å². The van der Waals surface area contributed by atoms with Crippen LogP contribution >= 0.6 is 0 Å². The van der Waals surface area contributed by atoms with Gasteiger partial charge < -0.3 is 9.64 Å². The minimum Gasteiger partial charge on any atom is -0.452 e. The molecule has 9 nitrogen and oxygen atoms in total. The number of carbonyl (C=O) groups excluding carboxylic acids is 2. The van der Waals surface area contributed by atoms with E-state index in [1.807, 2.05) is 0 Å². The molecule has 2 fully saturated rings. The molecule has 2 aliphatic rings. The number of amides is 1. The SMILES string of the molecule is CN(C(=O)COC(=O)c1ccccc1S(=O)(=O)N1CCCCC1)C1CCS(=O)(=O)C1. The van der Waals surface area contributed by atoms with Gasteiger partial charge >= 0.3 is 5.97 Å². The number of hydrogen-bond acceptors (Lipinski definition) is 7. The first-order valence-corrected chi connectivity index (χ1v) is 13.1. The van der Waals surface area contributed by atoms with Crippen LogP contribution in [0.15, 0.2) is 29.2 Å². The molecule has 1 aromatic carbocycles. The number of esters is 1. The molecule has 1 unspecified atom stereocenters. The molecule has 30 heavy (non-hydrogen) atoms. The van der Waals surface area contributed by atoms with Gasteiger partial charge in [0.1, 0.15) is 0 Å². The highest BCUT2D eigenvalue weighted by Crippen LogP contribution is 2.24. The fourth-order valence-electron chi connectivity index (χ4n) is 3.70. The molecular weight excluding hydrogens is 432 g/mol. The third kappa shape index (κ3) is 5.01. The van der Waals surface area contributed by atoms with Gasteiger partial charge in [0.25, 0.3) is 5.91 Å². The zero-order valence-electron chi connectivity index (χ0n) is 16.8. The van der Waals surface area contributed by atoms with Crippen LogP contribution in [0.25, 0.3) is 0 Å². The number of ether oxygens (including phenoxy) is 1. The van der Waals surface area contributed by atoms with E-state index in [-0.39, 0.29) is 22.0 Å². The van der Waals surface area contributed by atoms with Crippen LogP contribution in [-0.4, -0.2) is 82.2 Å². The molecule has 1 amide bonds. The summed E-state index contributed by atoms with van der Waals surface area (Å²) in [5.41, 5.74) is -0.123. The van der Waals surface area contributed by atoms with Gasteiger partial charge in [0.2, 0.25) is 10.0 Å². The number of sulfone groups is 1. The Kier molecular flexibility index (Phi) is 6.83. The third-order valence-electron chi connectivity index (χ3n) is 5.52. The van der Waals surface area contributed by atoms with Crippen LogP contribution < -0.4 is 0 Å². The van der Waals surface area contributed by atoms with Crippen LogP contribution in [0, 0.1) is 0 Å². The van der Waals surface area contributed by atoms with Crippen molar-refractivity contribution in [3.05, 3.63) is 29.8 Å². The average molecular weight is 459 g/mol. The molecule has 0 aromatic heterocycles. The fraction of sp³-hybridized carbons (Fsp3) is 0.579. The smallest absolute Gasteiger partial charge is 0.340 e. The first-order valence-electron chi connectivity index (χ1n) is 9.84. The fourth-order valence-corrected chi connectivity index (χ4v) is 7.17. The van der Waals surface area contributed by atoms with Crippen LogP contribution in [0.5, 0.6) is 0 Å². The number of nitrogens with zero attached hydrogens (tertiary/aromatic N) is 2. The van der Waals surface area contributed by atoms with Gasteiger partial charge in [0, 0.05) is 26.2 Å². The van der Waals surface area contributed by atoms with E-state index in [1.54, 1.807) is 0 Å². The zero-order chi connectivity index (χ0) is 21.9. The van der Waals surface area contributed by atoms with Crippen molar-refractivity contribution in [3.8, 4) is 0 Å². The lowest BCUT2D eigenvalue weighted by Crippen LogP contribution is -2.40. The average Bonchev–Trinajstić information content (AvgIpc) is 3.11. The molecule has 11 heteroatoms. The van der Waals surface area contributed by atoms with Crippen LogP contribution in [-0.2, 0) is 29.4 Å². The quantitative estimate of drug-likeness (QED) is 0.575. The Morgan fingerprint density at radius 1 is 1.17 bits per heavy atom. The molecular formula is C19H26N2O7S2. The lowest BCUT2D eigenvalue weighted by atomic mass is 10.2. The van der Waals surface area contributed by atoms with Crippen LogP contribution in [0.3, 0.4) is 0 Å². The maximum absolute atomic E-state index is 13.0. The number of benzene rings is 1. The summed E-state index contributed by atoms with van der Waals surface area (Å²) in [4.78, 5) is 26.0. The van der Waals surface area contributed by atoms with E-state index < -0.39 is 44.4 Å². The highest BCUT2D eigenvalue weighted by atomic mass is 32.2. The Bertz CT molecular complexity index is 1020. The van der Waals surface area contributed by atoms with Crippen molar-refractivity contribution < 1.29 is 31.2 Å². The topological polar surface area (TPSA) is 118 Å². The van der Waals surface area contributed by atoms with Gasteiger partial charge in [-0.15, -0.1) is 0 Å². The largest absolute Gasteiger partial charge is 0.452 e. The second-order valence-corrected chi connectivity index (χ2v) is 11.7. The highest BCUT2D eigenvalue weighted by molar-refractivity contribution is 7.91. The van der Waals surface area contributed by atoms with E-state index in [1.165, 1.54) is 40.5 Å². The second-order valence-electron chi connectivity index (χ2n) is 7.60. The van der Waals surface area contributed by atoms with Crippen molar-refractivity contribution >= 4 is 31.7 Å². The molecule has 3 rings (SSSR count). The molecule has 0 saturated carbocycles. The number of sulfonamides is 1. The second kappa shape index (κ2) is 9.03. The molecule has 0 aliphatic carbocycles. The van der Waals surface area contributed by atoms with Gasteiger partial charge in [0.15, 0.2) is 16.4 Å². The molecule has 2 heterocycles. The molecule has 0 radical (unpaired) electrons. The molecule has 0 spiro atoms. The van der Waals surface area contributed by atoms with Crippen molar-refractivity contribution in [3.63, 3.8) is 0 Å². The summed E-state index contributed by atoms with van der Waals surface area (Å²) in [5.74, 6) is -1.54. The summed E-state index contributed by atoms with van der Waals surface area (Å²) in [6.45, 7) is 0.211. The Hall–Kier alpha value is -1.98. The van der Waals surface area contributed by atoms with E-state index in [0.717, 1.165) is 19.3 Å². The van der Waals surface area contributed by atoms with Crippen LogP contribution in [0.1, 0.15) is 36.0 Å². The number of carbonyl (C=O) groups is 2. The predicted molar refractivity (Wildman–Crippen MR) is 109 cm³/mol. The van der Waals surface area contributed by atoms with E-state index in [4.69, 9.17) is 4.74 Å². The maximum Gasteiger partial charge on any atom is 0.340 e. The van der Waals surface area contributed by atoms with Gasteiger partial charge in [-0.25, -0.2) is 21.6 Å².